The van der Waals surface area contributed by atoms with Gasteiger partial charge in [0.25, 0.3) is 0 Å². The first-order valence-electron chi connectivity index (χ1n) is 8.34. The number of nitrogens with one attached hydrogen (secondary N) is 1. The number of fused-ring (bicyclic) bond motifs is 1. The van der Waals surface area contributed by atoms with Gasteiger partial charge in [0.15, 0.2) is 11.3 Å². The largest absolute Gasteiger partial charge is 0.361 e. The topological polar surface area (TPSA) is 95.1 Å². The Hall–Kier alpha value is -2.92. The Balaban J connectivity index is 1.57. The van der Waals surface area contributed by atoms with Crippen LogP contribution in [0.1, 0.15) is 17.9 Å². The number of nitriles is 1. The van der Waals surface area contributed by atoms with Gasteiger partial charge in [0.05, 0.1) is 21.8 Å². The monoisotopic (exact) mass is 367 g/mol. The second kappa shape index (κ2) is 6.42. The number of aryl methyl sites for hydroxylation is 2. The van der Waals surface area contributed by atoms with Gasteiger partial charge in [0.2, 0.25) is 5.91 Å². The van der Waals surface area contributed by atoms with Crippen molar-refractivity contribution >= 4 is 32.6 Å². The van der Waals surface area contributed by atoms with E-state index in [4.69, 9.17) is 9.78 Å². The van der Waals surface area contributed by atoms with Gasteiger partial charge in [-0.15, -0.1) is 0 Å². The lowest BCUT2D eigenvalue weighted by atomic mass is 10.0. The second-order valence-corrected chi connectivity index (χ2v) is 7.45. The Bertz CT molecular complexity index is 1010. The standard InChI is InChI=1S/C18H17N5O2S/c1-10-16(11(2)25-22-10)12-3-4-14-15(7-12)26-18(20-14)21-17(24)13-5-6-23(8-13)9-19/h3-4,7,13H,5-6,8H2,1-2H3,(H,20,21,24)/t13-/m1/s1. The summed E-state index contributed by atoms with van der Waals surface area (Å²) in [6, 6.07) is 5.97. The number of carbonyl (C=O) groups is 1. The Morgan fingerprint density at radius 1 is 1.46 bits per heavy atom. The van der Waals surface area contributed by atoms with Gasteiger partial charge in [0.1, 0.15) is 5.76 Å². The fraction of sp³-hybridized carbons (Fsp3) is 0.333. The summed E-state index contributed by atoms with van der Waals surface area (Å²) in [6.07, 6.45) is 2.79. The molecule has 1 amide bonds. The van der Waals surface area contributed by atoms with Crippen LogP contribution < -0.4 is 5.32 Å². The molecule has 1 aliphatic heterocycles. The number of hydrogen-bond acceptors (Lipinski definition) is 7. The molecule has 1 N–H and O–H groups in total. The minimum absolute atomic E-state index is 0.0762. The van der Waals surface area contributed by atoms with E-state index in [2.05, 4.69) is 21.7 Å². The van der Waals surface area contributed by atoms with Crippen molar-refractivity contribution in [2.75, 3.05) is 18.4 Å². The summed E-state index contributed by atoms with van der Waals surface area (Å²) in [4.78, 5) is 18.5. The molecule has 4 rings (SSSR count). The molecule has 0 aliphatic carbocycles. The van der Waals surface area contributed by atoms with Crippen LogP contribution in [0.5, 0.6) is 0 Å². The minimum Gasteiger partial charge on any atom is -0.361 e. The third kappa shape index (κ3) is 2.91. The highest BCUT2D eigenvalue weighted by molar-refractivity contribution is 7.22. The van der Waals surface area contributed by atoms with Crippen molar-refractivity contribution in [2.45, 2.75) is 20.3 Å². The van der Waals surface area contributed by atoms with Crippen molar-refractivity contribution in [3.63, 3.8) is 0 Å². The first kappa shape index (κ1) is 16.5. The summed E-state index contributed by atoms with van der Waals surface area (Å²) in [7, 11) is 0. The highest BCUT2D eigenvalue weighted by atomic mass is 32.1. The molecule has 2 aromatic heterocycles. The number of amides is 1. The maximum Gasteiger partial charge on any atom is 0.231 e. The van der Waals surface area contributed by atoms with Crippen LogP contribution in [-0.4, -0.2) is 34.0 Å². The summed E-state index contributed by atoms with van der Waals surface area (Å²) in [5, 5.41) is 16.4. The van der Waals surface area contributed by atoms with Crippen molar-refractivity contribution in [3.8, 4) is 17.3 Å². The lowest BCUT2D eigenvalue weighted by molar-refractivity contribution is -0.119. The van der Waals surface area contributed by atoms with Gasteiger partial charge in [-0.2, -0.15) is 5.26 Å². The molecule has 8 heteroatoms. The number of hydrogen-bond donors (Lipinski definition) is 1. The molecule has 1 fully saturated rings. The van der Waals surface area contributed by atoms with E-state index in [0.29, 0.717) is 24.6 Å². The second-order valence-electron chi connectivity index (χ2n) is 6.42. The highest BCUT2D eigenvalue weighted by Gasteiger charge is 2.28. The summed E-state index contributed by atoms with van der Waals surface area (Å²) in [5.74, 6) is 0.537. The van der Waals surface area contributed by atoms with Crippen LogP contribution in [0.3, 0.4) is 0 Å². The van der Waals surface area contributed by atoms with Gasteiger partial charge < -0.3 is 14.7 Å². The predicted molar refractivity (Wildman–Crippen MR) is 98.5 cm³/mol. The smallest absolute Gasteiger partial charge is 0.231 e. The van der Waals surface area contributed by atoms with Crippen LogP contribution in [0, 0.1) is 31.2 Å². The number of rotatable bonds is 3. The van der Waals surface area contributed by atoms with Gasteiger partial charge in [-0.05, 0) is 38.0 Å². The number of nitrogens with zero attached hydrogens (tertiary/aromatic N) is 4. The van der Waals surface area contributed by atoms with Gasteiger partial charge in [-0.1, -0.05) is 22.6 Å². The van der Waals surface area contributed by atoms with Crippen LogP contribution >= 0.6 is 11.3 Å². The molecule has 26 heavy (non-hydrogen) atoms. The number of aromatic nitrogens is 2. The van der Waals surface area contributed by atoms with E-state index in [-0.39, 0.29) is 11.8 Å². The highest BCUT2D eigenvalue weighted by Crippen LogP contribution is 2.33. The van der Waals surface area contributed by atoms with Crippen LogP contribution in [-0.2, 0) is 4.79 Å². The molecule has 0 saturated carbocycles. The molecule has 132 valence electrons. The molecular weight excluding hydrogens is 350 g/mol. The molecule has 0 unspecified atom stereocenters. The first-order valence-corrected chi connectivity index (χ1v) is 9.16. The van der Waals surface area contributed by atoms with E-state index in [0.717, 1.165) is 32.8 Å². The van der Waals surface area contributed by atoms with Crippen molar-refractivity contribution in [3.05, 3.63) is 29.7 Å². The number of likely N-dealkylation sites (tertiary alicyclic amines) is 1. The zero-order valence-corrected chi connectivity index (χ0v) is 15.3. The molecule has 0 bridgehead atoms. The molecule has 1 saturated heterocycles. The predicted octanol–water partition coefficient (Wildman–Crippen LogP) is 3.31. The van der Waals surface area contributed by atoms with Crippen LogP contribution in [0.2, 0.25) is 0 Å². The molecule has 0 spiro atoms. The molecule has 1 atom stereocenters. The zero-order valence-electron chi connectivity index (χ0n) is 14.4. The van der Waals surface area contributed by atoms with E-state index < -0.39 is 0 Å². The lowest BCUT2D eigenvalue weighted by Crippen LogP contribution is -2.25. The Morgan fingerprint density at radius 3 is 3.00 bits per heavy atom. The van der Waals surface area contributed by atoms with Crippen LogP contribution in [0.25, 0.3) is 21.3 Å². The SMILES string of the molecule is Cc1noc(C)c1-c1ccc2nc(NC(=O)[C@@H]3CCN(C#N)C3)sc2c1. The number of thiazole rings is 1. The van der Waals surface area contributed by atoms with Gasteiger partial charge in [-0.3, -0.25) is 4.79 Å². The van der Waals surface area contributed by atoms with Crippen molar-refractivity contribution < 1.29 is 9.32 Å². The van der Waals surface area contributed by atoms with Crippen molar-refractivity contribution in [1.82, 2.24) is 15.0 Å². The van der Waals surface area contributed by atoms with E-state index >= 15 is 0 Å². The van der Waals surface area contributed by atoms with E-state index in [1.54, 1.807) is 4.90 Å². The summed E-state index contributed by atoms with van der Waals surface area (Å²) >= 11 is 1.44. The minimum atomic E-state index is -0.167. The molecule has 7 nitrogen and oxygen atoms in total. The third-order valence-corrected chi connectivity index (χ3v) is 5.57. The average molecular weight is 367 g/mol. The van der Waals surface area contributed by atoms with Crippen LogP contribution in [0.15, 0.2) is 22.7 Å². The molecular formula is C18H17N5O2S. The summed E-state index contributed by atoms with van der Waals surface area (Å²) in [5.41, 5.74) is 3.71. The van der Waals surface area contributed by atoms with Crippen molar-refractivity contribution in [2.24, 2.45) is 5.92 Å². The van der Waals surface area contributed by atoms with Gasteiger partial charge in [0, 0.05) is 18.7 Å². The molecule has 3 heterocycles. The zero-order chi connectivity index (χ0) is 18.3. The fourth-order valence-electron chi connectivity index (χ4n) is 3.30. The summed E-state index contributed by atoms with van der Waals surface area (Å²) in [6.45, 7) is 4.92. The summed E-state index contributed by atoms with van der Waals surface area (Å²) < 4.78 is 6.24. The quantitative estimate of drug-likeness (QED) is 0.714. The fourth-order valence-corrected chi connectivity index (χ4v) is 4.21. The lowest BCUT2D eigenvalue weighted by Gasteiger charge is -2.08. The normalized spacial score (nSPS) is 16.8. The van der Waals surface area contributed by atoms with E-state index in [1.807, 2.05) is 32.0 Å². The first-order chi connectivity index (χ1) is 12.5. The van der Waals surface area contributed by atoms with Gasteiger partial charge in [-0.25, -0.2) is 4.98 Å². The van der Waals surface area contributed by atoms with Gasteiger partial charge >= 0.3 is 0 Å². The number of benzene rings is 1. The van der Waals surface area contributed by atoms with Crippen LogP contribution in [0.4, 0.5) is 5.13 Å². The van der Waals surface area contributed by atoms with Crippen molar-refractivity contribution in [1.29, 1.82) is 5.26 Å². The van der Waals surface area contributed by atoms with E-state index in [1.165, 1.54) is 11.3 Å². The number of anilines is 1. The number of carbonyl (C=O) groups excluding carboxylic acids is 1. The Kier molecular flexibility index (Phi) is 4.09. The molecule has 3 aromatic rings. The van der Waals surface area contributed by atoms with E-state index in [9.17, 15) is 4.79 Å². The Morgan fingerprint density at radius 2 is 2.31 bits per heavy atom. The Labute approximate surface area is 154 Å². The molecule has 1 aliphatic rings. The maximum atomic E-state index is 12.4. The maximum absolute atomic E-state index is 12.4. The third-order valence-electron chi connectivity index (χ3n) is 4.64. The molecule has 1 aromatic carbocycles. The molecule has 0 radical (unpaired) electrons. The average Bonchev–Trinajstić information content (AvgIpc) is 3.32.